The standard InChI is InChI=1S/C11H14Cl2N2/c12-7-9-3-5-15(6-4-9)11-2-1-10(13)8-14-11/h1-2,8-9H,3-7H2. The third-order valence-electron chi connectivity index (χ3n) is 2.87. The SMILES string of the molecule is ClCC1CCN(c2ccc(Cl)cn2)CC1. The first-order valence-electron chi connectivity index (χ1n) is 5.22. The number of halogens is 2. The average Bonchev–Trinajstić information content (AvgIpc) is 2.30. The van der Waals surface area contributed by atoms with Crippen molar-refractivity contribution < 1.29 is 0 Å². The molecule has 1 aromatic rings. The van der Waals surface area contributed by atoms with Gasteiger partial charge in [0.05, 0.1) is 5.02 Å². The molecule has 4 heteroatoms. The predicted molar refractivity (Wildman–Crippen MR) is 64.9 cm³/mol. The summed E-state index contributed by atoms with van der Waals surface area (Å²) >= 11 is 11.6. The molecule has 1 aromatic heterocycles. The van der Waals surface area contributed by atoms with Crippen LogP contribution in [0.5, 0.6) is 0 Å². The van der Waals surface area contributed by atoms with E-state index in [-0.39, 0.29) is 0 Å². The molecular weight excluding hydrogens is 231 g/mol. The number of alkyl halides is 1. The highest BCUT2D eigenvalue weighted by atomic mass is 35.5. The van der Waals surface area contributed by atoms with E-state index in [2.05, 4.69) is 9.88 Å². The zero-order valence-electron chi connectivity index (χ0n) is 8.50. The van der Waals surface area contributed by atoms with E-state index < -0.39 is 0 Å². The Kier molecular flexibility index (Phi) is 3.71. The van der Waals surface area contributed by atoms with E-state index in [9.17, 15) is 0 Å². The maximum atomic E-state index is 5.84. The van der Waals surface area contributed by atoms with Crippen LogP contribution >= 0.6 is 23.2 Å². The molecule has 1 aliphatic heterocycles. The van der Waals surface area contributed by atoms with Crippen LogP contribution in [0.2, 0.25) is 5.02 Å². The van der Waals surface area contributed by atoms with Crippen molar-refractivity contribution in [2.24, 2.45) is 5.92 Å². The van der Waals surface area contributed by atoms with Gasteiger partial charge in [0.15, 0.2) is 0 Å². The Morgan fingerprint density at radius 1 is 1.33 bits per heavy atom. The molecule has 15 heavy (non-hydrogen) atoms. The molecule has 0 saturated carbocycles. The van der Waals surface area contributed by atoms with Gasteiger partial charge in [0, 0.05) is 25.2 Å². The minimum absolute atomic E-state index is 0.676. The molecule has 0 bridgehead atoms. The van der Waals surface area contributed by atoms with Gasteiger partial charge in [0.2, 0.25) is 0 Å². The van der Waals surface area contributed by atoms with Crippen LogP contribution in [0.25, 0.3) is 0 Å². The number of pyridine rings is 1. The van der Waals surface area contributed by atoms with Gasteiger partial charge in [-0.15, -0.1) is 11.6 Å². The van der Waals surface area contributed by atoms with Crippen LogP contribution in [0.15, 0.2) is 18.3 Å². The molecular formula is C11H14Cl2N2. The maximum Gasteiger partial charge on any atom is 0.128 e. The summed E-state index contributed by atoms with van der Waals surface area (Å²) in [5.74, 6) is 2.48. The molecule has 82 valence electrons. The van der Waals surface area contributed by atoms with Crippen LogP contribution in [-0.4, -0.2) is 24.0 Å². The van der Waals surface area contributed by atoms with Crippen molar-refractivity contribution in [1.29, 1.82) is 0 Å². The molecule has 2 nitrogen and oxygen atoms in total. The second-order valence-electron chi connectivity index (χ2n) is 3.92. The second kappa shape index (κ2) is 5.04. The van der Waals surface area contributed by atoms with Gasteiger partial charge >= 0.3 is 0 Å². The van der Waals surface area contributed by atoms with E-state index in [0.29, 0.717) is 10.9 Å². The Morgan fingerprint density at radius 3 is 2.60 bits per heavy atom. The number of aromatic nitrogens is 1. The molecule has 1 saturated heterocycles. The number of nitrogens with zero attached hydrogens (tertiary/aromatic N) is 2. The van der Waals surface area contributed by atoms with Crippen LogP contribution in [0, 0.1) is 5.92 Å². The fourth-order valence-electron chi connectivity index (χ4n) is 1.87. The van der Waals surface area contributed by atoms with Crippen molar-refractivity contribution in [3.8, 4) is 0 Å². The van der Waals surface area contributed by atoms with Gasteiger partial charge in [-0.05, 0) is 30.9 Å². The van der Waals surface area contributed by atoms with Crippen molar-refractivity contribution in [3.05, 3.63) is 23.4 Å². The van der Waals surface area contributed by atoms with Gasteiger partial charge < -0.3 is 4.90 Å². The van der Waals surface area contributed by atoms with E-state index in [1.807, 2.05) is 12.1 Å². The molecule has 2 rings (SSSR count). The van der Waals surface area contributed by atoms with E-state index >= 15 is 0 Å². The van der Waals surface area contributed by atoms with E-state index in [4.69, 9.17) is 23.2 Å². The molecule has 0 atom stereocenters. The van der Waals surface area contributed by atoms with Crippen LogP contribution in [0.4, 0.5) is 5.82 Å². The molecule has 0 N–H and O–H groups in total. The highest BCUT2D eigenvalue weighted by molar-refractivity contribution is 6.30. The topological polar surface area (TPSA) is 16.1 Å². The van der Waals surface area contributed by atoms with Crippen molar-refractivity contribution in [2.75, 3.05) is 23.9 Å². The lowest BCUT2D eigenvalue weighted by molar-refractivity contribution is 0.441. The number of hydrogen-bond acceptors (Lipinski definition) is 2. The van der Waals surface area contributed by atoms with Gasteiger partial charge in [-0.2, -0.15) is 0 Å². The van der Waals surface area contributed by atoms with Gasteiger partial charge in [0.25, 0.3) is 0 Å². The van der Waals surface area contributed by atoms with E-state index in [0.717, 1.165) is 37.6 Å². The molecule has 0 unspecified atom stereocenters. The molecule has 0 radical (unpaired) electrons. The summed E-state index contributed by atoms with van der Waals surface area (Å²) in [6, 6.07) is 3.86. The number of hydrogen-bond donors (Lipinski definition) is 0. The summed E-state index contributed by atoms with van der Waals surface area (Å²) in [4.78, 5) is 6.60. The third kappa shape index (κ3) is 2.76. The molecule has 0 amide bonds. The summed E-state index contributed by atoms with van der Waals surface area (Å²) in [6.07, 6.45) is 4.02. The smallest absolute Gasteiger partial charge is 0.128 e. The first-order valence-corrected chi connectivity index (χ1v) is 6.13. The quantitative estimate of drug-likeness (QED) is 0.744. The number of rotatable bonds is 2. The molecule has 2 heterocycles. The Balaban J connectivity index is 1.98. The zero-order chi connectivity index (χ0) is 10.7. The third-order valence-corrected chi connectivity index (χ3v) is 3.53. The van der Waals surface area contributed by atoms with Crippen LogP contribution in [-0.2, 0) is 0 Å². The fraction of sp³-hybridized carbons (Fsp3) is 0.545. The van der Waals surface area contributed by atoms with Gasteiger partial charge in [-0.3, -0.25) is 0 Å². The first-order chi connectivity index (χ1) is 7.29. The van der Waals surface area contributed by atoms with Crippen LogP contribution in [0.3, 0.4) is 0 Å². The molecule has 0 aliphatic carbocycles. The Labute approximate surface area is 100 Å². The highest BCUT2D eigenvalue weighted by Crippen LogP contribution is 2.23. The predicted octanol–water partition coefficient (Wildman–Crippen LogP) is 3.19. The number of anilines is 1. The molecule has 1 fully saturated rings. The van der Waals surface area contributed by atoms with Crippen molar-refractivity contribution in [2.45, 2.75) is 12.8 Å². The average molecular weight is 245 g/mol. The summed E-state index contributed by atoms with van der Waals surface area (Å²) in [7, 11) is 0. The van der Waals surface area contributed by atoms with Gasteiger partial charge in [-0.25, -0.2) is 4.98 Å². The second-order valence-corrected chi connectivity index (χ2v) is 4.66. The van der Waals surface area contributed by atoms with Crippen LogP contribution in [0.1, 0.15) is 12.8 Å². The normalized spacial score (nSPS) is 18.1. The van der Waals surface area contributed by atoms with Gasteiger partial charge in [0.1, 0.15) is 5.82 Å². The van der Waals surface area contributed by atoms with Gasteiger partial charge in [-0.1, -0.05) is 11.6 Å². The summed E-state index contributed by atoms with van der Waals surface area (Å²) in [5, 5.41) is 0.689. The minimum atomic E-state index is 0.676. The van der Waals surface area contributed by atoms with Crippen molar-refractivity contribution >= 4 is 29.0 Å². The Morgan fingerprint density at radius 2 is 2.07 bits per heavy atom. The lowest BCUT2D eigenvalue weighted by Crippen LogP contribution is -2.34. The van der Waals surface area contributed by atoms with E-state index in [1.54, 1.807) is 6.20 Å². The number of piperidine rings is 1. The van der Waals surface area contributed by atoms with Crippen LogP contribution < -0.4 is 4.90 Å². The Hall–Kier alpha value is -0.470. The van der Waals surface area contributed by atoms with E-state index in [1.165, 1.54) is 0 Å². The summed E-state index contributed by atoms with van der Waals surface area (Å²) in [6.45, 7) is 2.10. The lowest BCUT2D eigenvalue weighted by atomic mass is 9.99. The lowest BCUT2D eigenvalue weighted by Gasteiger charge is -2.31. The van der Waals surface area contributed by atoms with Crippen molar-refractivity contribution in [1.82, 2.24) is 4.98 Å². The molecule has 1 aliphatic rings. The summed E-state index contributed by atoms with van der Waals surface area (Å²) < 4.78 is 0. The largest absolute Gasteiger partial charge is 0.357 e. The first kappa shape index (κ1) is 11.0. The maximum absolute atomic E-state index is 5.84. The monoisotopic (exact) mass is 244 g/mol. The highest BCUT2D eigenvalue weighted by Gasteiger charge is 2.18. The fourth-order valence-corrected chi connectivity index (χ4v) is 2.29. The Bertz CT molecular complexity index is 305. The van der Waals surface area contributed by atoms with Crippen molar-refractivity contribution in [3.63, 3.8) is 0 Å². The molecule has 0 spiro atoms. The summed E-state index contributed by atoms with van der Waals surface area (Å²) in [5.41, 5.74) is 0. The minimum Gasteiger partial charge on any atom is -0.357 e. The molecule has 0 aromatic carbocycles. The zero-order valence-corrected chi connectivity index (χ0v) is 10.0.